The van der Waals surface area contributed by atoms with E-state index in [9.17, 15) is 9.59 Å². The first-order valence-electron chi connectivity index (χ1n) is 10.6. The zero-order chi connectivity index (χ0) is 23.0. The highest BCUT2D eigenvalue weighted by atomic mass is 16.5. The van der Waals surface area contributed by atoms with Crippen molar-refractivity contribution in [2.45, 2.75) is 13.3 Å². The quantitative estimate of drug-likeness (QED) is 0.333. The summed E-state index contributed by atoms with van der Waals surface area (Å²) in [7, 11) is 0. The molecule has 0 aliphatic heterocycles. The van der Waals surface area contributed by atoms with Crippen molar-refractivity contribution < 1.29 is 14.3 Å². The standard InChI is InChI=1S/C25H23N5O3/c1-2-26-25(32)30-22-14-13-20-24(29-22)28-21(16-27-20)18-9-11-19(12-10-18)33-23(31)15-8-17-6-4-3-5-7-17/h3-6,8-17H,2,7H2,1H3,(H2,26,28,29,30,32)/b15-8+. The Bertz CT molecular complexity index is 1250. The van der Waals surface area contributed by atoms with Crippen LogP contribution in [0.4, 0.5) is 10.6 Å². The van der Waals surface area contributed by atoms with Crippen molar-refractivity contribution in [3.8, 4) is 17.0 Å². The maximum Gasteiger partial charge on any atom is 0.335 e. The molecule has 0 saturated carbocycles. The number of benzene rings is 1. The molecule has 1 aromatic carbocycles. The SMILES string of the molecule is CCNC(=O)Nc1ccc2ncc(-c3ccc(OC(=O)/C=C/C4C=CC=CC4)cc3)nc2n1. The molecular weight excluding hydrogens is 418 g/mol. The third-order valence-corrected chi connectivity index (χ3v) is 4.85. The summed E-state index contributed by atoms with van der Waals surface area (Å²) in [5.41, 5.74) is 2.43. The summed E-state index contributed by atoms with van der Waals surface area (Å²) >= 11 is 0. The number of fused-ring (bicyclic) bond motifs is 1. The van der Waals surface area contributed by atoms with Gasteiger partial charge in [-0.3, -0.25) is 10.3 Å². The molecule has 8 nitrogen and oxygen atoms in total. The van der Waals surface area contributed by atoms with Gasteiger partial charge >= 0.3 is 12.0 Å². The van der Waals surface area contributed by atoms with Crippen LogP contribution in [0.2, 0.25) is 0 Å². The molecule has 1 aliphatic rings. The predicted molar refractivity (Wildman–Crippen MR) is 127 cm³/mol. The van der Waals surface area contributed by atoms with Crippen molar-refractivity contribution >= 4 is 29.0 Å². The minimum absolute atomic E-state index is 0.210. The molecule has 0 fully saturated rings. The zero-order valence-electron chi connectivity index (χ0n) is 18.1. The van der Waals surface area contributed by atoms with E-state index in [1.54, 1.807) is 42.6 Å². The van der Waals surface area contributed by atoms with E-state index in [0.717, 1.165) is 12.0 Å². The van der Waals surface area contributed by atoms with Gasteiger partial charge in [0.2, 0.25) is 0 Å². The molecule has 166 valence electrons. The molecule has 0 radical (unpaired) electrons. The molecule has 2 N–H and O–H groups in total. The van der Waals surface area contributed by atoms with Crippen LogP contribution < -0.4 is 15.4 Å². The lowest BCUT2D eigenvalue weighted by Crippen LogP contribution is -2.28. The van der Waals surface area contributed by atoms with Crippen LogP contribution in [0.5, 0.6) is 5.75 Å². The molecule has 2 aromatic heterocycles. The van der Waals surface area contributed by atoms with Gasteiger partial charge in [-0.05, 0) is 55.7 Å². The number of hydrogen-bond acceptors (Lipinski definition) is 6. The number of ether oxygens (including phenoxy) is 1. The van der Waals surface area contributed by atoms with Crippen LogP contribution in [-0.2, 0) is 4.79 Å². The minimum Gasteiger partial charge on any atom is -0.423 e. The van der Waals surface area contributed by atoms with Crippen LogP contribution in [0.25, 0.3) is 22.4 Å². The number of nitrogens with zero attached hydrogens (tertiary/aromatic N) is 3. The Morgan fingerprint density at radius 3 is 2.73 bits per heavy atom. The molecule has 0 saturated heterocycles. The van der Waals surface area contributed by atoms with Crippen molar-refractivity contribution in [3.63, 3.8) is 0 Å². The van der Waals surface area contributed by atoms with Crippen LogP contribution in [0, 0.1) is 5.92 Å². The Morgan fingerprint density at radius 2 is 1.97 bits per heavy atom. The van der Waals surface area contributed by atoms with E-state index in [0.29, 0.717) is 35.0 Å². The average Bonchev–Trinajstić information content (AvgIpc) is 2.83. The van der Waals surface area contributed by atoms with E-state index in [1.807, 2.05) is 31.2 Å². The first kappa shape index (κ1) is 21.9. The molecule has 3 aromatic rings. The second-order valence-corrected chi connectivity index (χ2v) is 7.30. The van der Waals surface area contributed by atoms with E-state index in [1.165, 1.54) is 6.08 Å². The van der Waals surface area contributed by atoms with Crippen molar-refractivity contribution in [2.75, 3.05) is 11.9 Å². The highest BCUT2D eigenvalue weighted by molar-refractivity contribution is 5.89. The van der Waals surface area contributed by atoms with Crippen LogP contribution in [0.15, 0.2) is 79.1 Å². The second kappa shape index (κ2) is 10.3. The smallest absolute Gasteiger partial charge is 0.335 e. The van der Waals surface area contributed by atoms with Crippen molar-refractivity contribution in [3.05, 3.63) is 79.1 Å². The summed E-state index contributed by atoms with van der Waals surface area (Å²) in [6, 6.07) is 10.1. The topological polar surface area (TPSA) is 106 Å². The highest BCUT2D eigenvalue weighted by Crippen LogP contribution is 2.22. The number of allylic oxidation sites excluding steroid dienone is 5. The molecule has 2 amide bonds. The predicted octanol–water partition coefficient (Wildman–Crippen LogP) is 4.43. The van der Waals surface area contributed by atoms with E-state index in [2.05, 4.69) is 31.7 Å². The molecule has 0 bridgehead atoms. The molecule has 0 spiro atoms. The largest absolute Gasteiger partial charge is 0.423 e. The van der Waals surface area contributed by atoms with Crippen molar-refractivity contribution in [2.24, 2.45) is 5.92 Å². The number of rotatable bonds is 6. The zero-order valence-corrected chi connectivity index (χ0v) is 18.1. The Morgan fingerprint density at radius 1 is 1.12 bits per heavy atom. The lowest BCUT2D eigenvalue weighted by Gasteiger charge is -2.08. The second-order valence-electron chi connectivity index (χ2n) is 7.30. The van der Waals surface area contributed by atoms with E-state index in [-0.39, 0.29) is 11.9 Å². The lowest BCUT2D eigenvalue weighted by atomic mass is 10.0. The minimum atomic E-state index is -0.424. The number of aromatic nitrogens is 3. The first-order valence-corrected chi connectivity index (χ1v) is 10.6. The van der Waals surface area contributed by atoms with E-state index >= 15 is 0 Å². The van der Waals surface area contributed by atoms with Crippen molar-refractivity contribution in [1.29, 1.82) is 0 Å². The highest BCUT2D eigenvalue weighted by Gasteiger charge is 2.08. The van der Waals surface area contributed by atoms with E-state index in [4.69, 9.17) is 4.74 Å². The molecule has 8 heteroatoms. The Labute approximate surface area is 191 Å². The van der Waals surface area contributed by atoms with Crippen LogP contribution in [-0.4, -0.2) is 33.5 Å². The summed E-state index contributed by atoms with van der Waals surface area (Å²) in [6.45, 7) is 2.35. The van der Waals surface area contributed by atoms with Crippen LogP contribution >= 0.6 is 0 Å². The van der Waals surface area contributed by atoms with Gasteiger partial charge in [-0.15, -0.1) is 0 Å². The fourth-order valence-electron chi connectivity index (χ4n) is 3.22. The number of esters is 1. The van der Waals surface area contributed by atoms with Crippen LogP contribution in [0.1, 0.15) is 13.3 Å². The van der Waals surface area contributed by atoms with Gasteiger partial charge in [0.1, 0.15) is 17.1 Å². The summed E-state index contributed by atoms with van der Waals surface area (Å²) in [5, 5.41) is 5.31. The maximum absolute atomic E-state index is 12.1. The molecule has 1 aliphatic carbocycles. The third kappa shape index (κ3) is 5.88. The number of carbonyl (C=O) groups excluding carboxylic acids is 2. The number of hydrogen-bond donors (Lipinski definition) is 2. The lowest BCUT2D eigenvalue weighted by molar-refractivity contribution is -0.129. The fourth-order valence-corrected chi connectivity index (χ4v) is 3.22. The van der Waals surface area contributed by atoms with Gasteiger partial charge in [-0.1, -0.05) is 30.4 Å². The Balaban J connectivity index is 1.44. The number of anilines is 1. The molecule has 1 atom stereocenters. The number of pyridine rings is 1. The molecule has 33 heavy (non-hydrogen) atoms. The Hall–Kier alpha value is -4.33. The average molecular weight is 441 g/mol. The van der Waals surface area contributed by atoms with Gasteiger partial charge in [-0.2, -0.15) is 0 Å². The fraction of sp³-hybridized carbons (Fsp3) is 0.160. The summed E-state index contributed by atoms with van der Waals surface area (Å²) < 4.78 is 5.38. The number of nitrogens with one attached hydrogen (secondary N) is 2. The number of carbonyl (C=O) groups is 2. The molecule has 2 heterocycles. The normalized spacial score (nSPS) is 15.0. The van der Waals surface area contributed by atoms with Crippen LogP contribution in [0.3, 0.4) is 0 Å². The monoisotopic (exact) mass is 441 g/mol. The first-order chi connectivity index (χ1) is 16.1. The van der Waals surface area contributed by atoms with Gasteiger partial charge in [0, 0.05) is 18.2 Å². The van der Waals surface area contributed by atoms with Gasteiger partial charge in [0.25, 0.3) is 0 Å². The third-order valence-electron chi connectivity index (χ3n) is 4.85. The molecule has 1 unspecified atom stereocenters. The van der Waals surface area contributed by atoms with E-state index < -0.39 is 5.97 Å². The number of urea groups is 1. The van der Waals surface area contributed by atoms with Gasteiger partial charge in [-0.25, -0.2) is 19.6 Å². The van der Waals surface area contributed by atoms with Crippen molar-refractivity contribution in [1.82, 2.24) is 20.3 Å². The molecular formula is C25H23N5O3. The summed E-state index contributed by atoms with van der Waals surface area (Å²) in [6.07, 6.45) is 13.9. The maximum atomic E-state index is 12.1. The van der Waals surface area contributed by atoms with Gasteiger partial charge in [0.05, 0.1) is 11.9 Å². The number of amides is 2. The summed E-state index contributed by atoms with van der Waals surface area (Å²) in [4.78, 5) is 37.1. The van der Waals surface area contributed by atoms with Gasteiger partial charge in [0.15, 0.2) is 5.65 Å². The summed E-state index contributed by atoms with van der Waals surface area (Å²) in [5.74, 6) is 0.608. The molecule has 4 rings (SSSR count). The Kier molecular flexibility index (Phi) is 6.84. The van der Waals surface area contributed by atoms with Gasteiger partial charge < -0.3 is 10.1 Å².